The highest BCUT2D eigenvalue weighted by Gasteiger charge is 2.33. The van der Waals surface area contributed by atoms with Crippen molar-refractivity contribution < 1.29 is 14.3 Å². The first-order valence-corrected chi connectivity index (χ1v) is 12.8. The first-order chi connectivity index (χ1) is 17.7. The first-order valence-electron chi connectivity index (χ1n) is 12.5. The topological polar surface area (TPSA) is 147 Å². The fourth-order valence-corrected chi connectivity index (χ4v) is 4.64. The van der Waals surface area contributed by atoms with Crippen LogP contribution in [0.5, 0.6) is 0 Å². The number of halogens is 1. The highest BCUT2D eigenvalue weighted by Crippen LogP contribution is 2.37. The lowest BCUT2D eigenvalue weighted by Gasteiger charge is -2.30. The number of alkyl carbamates (subject to hydrolysis) is 1. The Hall–Kier alpha value is -3.06. The molecule has 37 heavy (non-hydrogen) atoms. The van der Waals surface area contributed by atoms with E-state index in [1.807, 2.05) is 40.5 Å². The van der Waals surface area contributed by atoms with Crippen LogP contribution in [0.3, 0.4) is 0 Å². The number of imidazole rings is 1. The summed E-state index contributed by atoms with van der Waals surface area (Å²) >= 11 is 6.30. The summed E-state index contributed by atoms with van der Waals surface area (Å²) in [6.45, 7) is 8.13. The molecule has 2 aliphatic rings. The predicted octanol–water partition coefficient (Wildman–Crippen LogP) is 3.41. The van der Waals surface area contributed by atoms with Gasteiger partial charge in [0.15, 0.2) is 17.0 Å². The number of fused-ring (bicyclic) bond motifs is 1. The molecule has 4 heterocycles. The number of rotatable bonds is 6. The standard InChI is InChI=1S/C23H31ClN10O3/c1-5-34-31-18(30-32-34)15-10-11-16(36-15)33-12-25-17-19(28-21(24)29-20(17)33)26-13-6-8-14(9-7-13)27-22(35)37-23(2,3)4/h10-16H,5-9H2,1-4H3,(H,27,35)(H,26,28,29)/t13-,14-,15-,16-/m1/s1. The highest BCUT2D eigenvalue weighted by atomic mass is 35.5. The second kappa shape index (κ2) is 10.4. The number of carbonyl (C=O) groups excluding carboxylic acids is 1. The molecule has 1 saturated carbocycles. The summed E-state index contributed by atoms with van der Waals surface area (Å²) in [5, 5.41) is 19.0. The lowest BCUT2D eigenvalue weighted by Crippen LogP contribution is -2.42. The normalized spacial score (nSPS) is 24.4. The smallest absolute Gasteiger partial charge is 0.407 e. The van der Waals surface area contributed by atoms with Crippen molar-refractivity contribution in [2.75, 3.05) is 5.32 Å². The van der Waals surface area contributed by atoms with E-state index < -0.39 is 17.9 Å². The van der Waals surface area contributed by atoms with Gasteiger partial charge in [-0.3, -0.25) is 4.57 Å². The number of hydrogen-bond acceptors (Lipinski definition) is 10. The molecule has 0 aromatic carbocycles. The molecule has 2 atom stereocenters. The Labute approximate surface area is 219 Å². The number of aryl methyl sites for hydroxylation is 1. The van der Waals surface area contributed by atoms with Crippen molar-refractivity contribution in [3.05, 3.63) is 30.3 Å². The first kappa shape index (κ1) is 25.6. The summed E-state index contributed by atoms with van der Waals surface area (Å²) < 4.78 is 13.3. The van der Waals surface area contributed by atoms with Crippen LogP contribution < -0.4 is 10.6 Å². The van der Waals surface area contributed by atoms with E-state index in [2.05, 4.69) is 41.0 Å². The number of ether oxygens (including phenoxy) is 2. The summed E-state index contributed by atoms with van der Waals surface area (Å²) in [4.78, 5) is 27.0. The molecule has 0 spiro atoms. The minimum Gasteiger partial charge on any atom is -0.444 e. The quantitative estimate of drug-likeness (QED) is 0.454. The Morgan fingerprint density at radius 3 is 2.65 bits per heavy atom. The van der Waals surface area contributed by atoms with E-state index in [4.69, 9.17) is 21.1 Å². The van der Waals surface area contributed by atoms with Gasteiger partial charge in [-0.1, -0.05) is 0 Å². The molecule has 14 heteroatoms. The van der Waals surface area contributed by atoms with Crippen molar-refractivity contribution >= 4 is 34.7 Å². The van der Waals surface area contributed by atoms with E-state index >= 15 is 0 Å². The lowest BCUT2D eigenvalue weighted by molar-refractivity contribution is 0.0156. The fraction of sp³-hybridized carbons (Fsp3) is 0.609. The van der Waals surface area contributed by atoms with Gasteiger partial charge in [0.25, 0.3) is 0 Å². The maximum Gasteiger partial charge on any atom is 0.407 e. The largest absolute Gasteiger partial charge is 0.444 e. The second-order valence-electron chi connectivity index (χ2n) is 10.2. The van der Waals surface area contributed by atoms with Crippen LogP contribution in [0.1, 0.15) is 71.5 Å². The number of anilines is 1. The van der Waals surface area contributed by atoms with Gasteiger partial charge in [-0.2, -0.15) is 14.8 Å². The van der Waals surface area contributed by atoms with Crippen LogP contribution in [0.4, 0.5) is 10.6 Å². The number of nitrogens with zero attached hydrogens (tertiary/aromatic N) is 8. The third-order valence-electron chi connectivity index (χ3n) is 6.20. The molecule has 1 saturated heterocycles. The number of hydrogen-bond donors (Lipinski definition) is 2. The van der Waals surface area contributed by atoms with Crippen molar-refractivity contribution in [3.63, 3.8) is 0 Å². The SMILES string of the molecule is CCn1nnc([C@H]2[CH][CH][C@H](n3cnc4c(N[C@H]5CC[C@H](NC(=O)OC(C)(C)C)CC5)nc(Cl)nc43)O2)n1. The zero-order valence-electron chi connectivity index (χ0n) is 21.3. The number of carbonyl (C=O) groups is 1. The maximum absolute atomic E-state index is 12.1. The summed E-state index contributed by atoms with van der Waals surface area (Å²) in [5.41, 5.74) is 0.646. The van der Waals surface area contributed by atoms with Crippen LogP contribution in [-0.2, 0) is 16.0 Å². The van der Waals surface area contributed by atoms with Gasteiger partial charge in [-0.15, -0.1) is 10.2 Å². The van der Waals surface area contributed by atoms with Gasteiger partial charge in [0.05, 0.1) is 12.9 Å². The second-order valence-corrected chi connectivity index (χ2v) is 10.5. The summed E-state index contributed by atoms with van der Waals surface area (Å²) in [7, 11) is 0. The summed E-state index contributed by atoms with van der Waals surface area (Å²) in [5.74, 6) is 1.07. The van der Waals surface area contributed by atoms with Crippen LogP contribution in [0, 0.1) is 12.8 Å². The minimum absolute atomic E-state index is 0.0776. The summed E-state index contributed by atoms with van der Waals surface area (Å²) in [6, 6.07) is 0.240. The molecule has 1 aliphatic heterocycles. The van der Waals surface area contributed by atoms with Crippen LogP contribution in [0.15, 0.2) is 6.33 Å². The molecule has 0 unspecified atom stereocenters. The zero-order valence-corrected chi connectivity index (χ0v) is 22.0. The molecule has 3 aromatic heterocycles. The van der Waals surface area contributed by atoms with E-state index in [1.54, 1.807) is 10.9 Å². The molecule has 5 rings (SSSR count). The molecule has 2 fully saturated rings. The zero-order chi connectivity index (χ0) is 26.2. The maximum atomic E-state index is 12.1. The Bertz CT molecular complexity index is 1250. The van der Waals surface area contributed by atoms with Crippen LogP contribution >= 0.6 is 11.6 Å². The Balaban J connectivity index is 1.23. The average Bonchev–Trinajstić information content (AvgIpc) is 3.58. The van der Waals surface area contributed by atoms with Gasteiger partial charge in [0.2, 0.25) is 11.1 Å². The Kier molecular flexibility index (Phi) is 7.17. The highest BCUT2D eigenvalue weighted by molar-refractivity contribution is 6.28. The Morgan fingerprint density at radius 1 is 1.19 bits per heavy atom. The predicted molar refractivity (Wildman–Crippen MR) is 134 cm³/mol. The molecule has 2 N–H and O–H groups in total. The number of aromatic nitrogens is 8. The molecule has 0 bridgehead atoms. The van der Waals surface area contributed by atoms with Crippen molar-refractivity contribution in [1.82, 2.24) is 45.0 Å². The van der Waals surface area contributed by atoms with Crippen LogP contribution in [0.2, 0.25) is 5.28 Å². The number of tetrazole rings is 1. The van der Waals surface area contributed by atoms with Gasteiger partial charge >= 0.3 is 6.09 Å². The molecular weight excluding hydrogens is 500 g/mol. The number of amides is 1. The van der Waals surface area contributed by atoms with E-state index in [-0.39, 0.29) is 23.5 Å². The van der Waals surface area contributed by atoms with Crippen LogP contribution in [-0.4, -0.2) is 63.5 Å². The molecule has 198 valence electrons. The lowest BCUT2D eigenvalue weighted by atomic mass is 9.91. The minimum atomic E-state index is -0.518. The van der Waals surface area contributed by atoms with Crippen LogP contribution in [0.25, 0.3) is 11.2 Å². The van der Waals surface area contributed by atoms with E-state index in [1.165, 1.54) is 4.80 Å². The van der Waals surface area contributed by atoms with Crippen molar-refractivity contribution in [2.24, 2.45) is 0 Å². The van der Waals surface area contributed by atoms with Crippen molar-refractivity contribution in [3.8, 4) is 0 Å². The molecule has 1 aliphatic carbocycles. The molecular formula is C23H31ClN10O3. The monoisotopic (exact) mass is 530 g/mol. The van der Waals surface area contributed by atoms with Gasteiger partial charge in [-0.25, -0.2) is 9.78 Å². The molecule has 1 amide bonds. The average molecular weight is 531 g/mol. The molecule has 13 nitrogen and oxygen atoms in total. The molecule has 3 aromatic rings. The summed E-state index contributed by atoms with van der Waals surface area (Å²) in [6.07, 6.45) is 7.57. The van der Waals surface area contributed by atoms with E-state index in [9.17, 15) is 4.79 Å². The van der Waals surface area contributed by atoms with Gasteiger partial charge in [0.1, 0.15) is 17.9 Å². The van der Waals surface area contributed by atoms with Gasteiger partial charge in [-0.05, 0) is 70.2 Å². The molecule has 2 radical (unpaired) electrons. The number of nitrogens with one attached hydrogen (secondary N) is 2. The third-order valence-corrected chi connectivity index (χ3v) is 6.37. The van der Waals surface area contributed by atoms with Gasteiger partial charge < -0.3 is 20.1 Å². The Morgan fingerprint density at radius 2 is 1.95 bits per heavy atom. The van der Waals surface area contributed by atoms with Crippen molar-refractivity contribution in [1.29, 1.82) is 0 Å². The van der Waals surface area contributed by atoms with E-state index in [0.717, 1.165) is 25.7 Å². The van der Waals surface area contributed by atoms with Gasteiger partial charge in [0, 0.05) is 24.9 Å². The fourth-order valence-electron chi connectivity index (χ4n) is 4.47. The van der Waals surface area contributed by atoms with Crippen molar-refractivity contribution in [2.45, 2.75) is 89.9 Å². The third kappa shape index (κ3) is 5.93. The van der Waals surface area contributed by atoms with E-state index in [0.29, 0.717) is 29.4 Å².